The molecule has 0 saturated carbocycles. The van der Waals surface area contributed by atoms with Crippen LogP contribution in [0.3, 0.4) is 0 Å². The Labute approximate surface area is 204 Å². The van der Waals surface area contributed by atoms with Gasteiger partial charge in [-0.05, 0) is 73.7 Å². The average molecular weight is 474 g/mol. The zero-order chi connectivity index (χ0) is 23.2. The lowest BCUT2D eigenvalue weighted by Gasteiger charge is -2.18. The zero-order valence-electron chi connectivity index (χ0n) is 19.5. The number of benzene rings is 3. The summed E-state index contributed by atoms with van der Waals surface area (Å²) in [7, 11) is 0. The molecule has 34 heavy (non-hydrogen) atoms. The average Bonchev–Trinajstić information content (AvgIpc) is 3.55. The Morgan fingerprint density at radius 1 is 1.15 bits per heavy atom. The second kappa shape index (κ2) is 8.64. The van der Waals surface area contributed by atoms with Gasteiger partial charge in [0.2, 0.25) is 0 Å². The van der Waals surface area contributed by atoms with E-state index >= 15 is 0 Å². The monoisotopic (exact) mass is 473 g/mol. The van der Waals surface area contributed by atoms with E-state index in [9.17, 15) is 0 Å². The van der Waals surface area contributed by atoms with Gasteiger partial charge < -0.3 is 14.8 Å². The van der Waals surface area contributed by atoms with Crippen molar-refractivity contribution < 1.29 is 9.47 Å². The van der Waals surface area contributed by atoms with E-state index in [0.717, 1.165) is 66.4 Å². The van der Waals surface area contributed by atoms with E-state index in [1.54, 1.807) is 0 Å². The van der Waals surface area contributed by atoms with Crippen LogP contribution in [-0.4, -0.2) is 22.3 Å². The van der Waals surface area contributed by atoms with E-state index in [2.05, 4.69) is 66.2 Å². The molecule has 6 heteroatoms. The Kier molecular flexibility index (Phi) is 5.47. The van der Waals surface area contributed by atoms with Crippen LogP contribution in [0.1, 0.15) is 48.4 Å². The predicted molar refractivity (Wildman–Crippen MR) is 136 cm³/mol. The minimum absolute atomic E-state index is 0.00108. The Balaban J connectivity index is 1.35. The van der Waals surface area contributed by atoms with Crippen molar-refractivity contribution in [3.63, 3.8) is 0 Å². The molecule has 1 aromatic heterocycles. The Hall–Kier alpha value is -3.02. The normalized spacial score (nSPS) is 19.4. The molecule has 2 atom stereocenters. The Morgan fingerprint density at radius 3 is 2.91 bits per heavy atom. The number of halogens is 1. The van der Waals surface area contributed by atoms with Crippen molar-refractivity contribution in [3.8, 4) is 11.4 Å². The lowest BCUT2D eigenvalue weighted by Crippen LogP contribution is -2.10. The lowest BCUT2D eigenvalue weighted by molar-refractivity contribution is 0.104. The summed E-state index contributed by atoms with van der Waals surface area (Å²) in [4.78, 5) is 4.96. The van der Waals surface area contributed by atoms with Gasteiger partial charge in [0.1, 0.15) is 23.8 Å². The number of rotatable bonds is 5. The molecule has 0 amide bonds. The Morgan fingerprint density at radius 2 is 2.06 bits per heavy atom. The molecule has 5 nitrogen and oxygen atoms in total. The molecule has 2 aliphatic rings. The summed E-state index contributed by atoms with van der Waals surface area (Å²) in [5.41, 5.74) is 7.88. The van der Waals surface area contributed by atoms with Gasteiger partial charge in [0.15, 0.2) is 0 Å². The van der Waals surface area contributed by atoms with E-state index in [4.69, 9.17) is 26.1 Å². The summed E-state index contributed by atoms with van der Waals surface area (Å²) >= 11 is 6.29. The highest BCUT2D eigenvalue weighted by Gasteiger charge is 2.26. The van der Waals surface area contributed by atoms with Crippen LogP contribution in [0.15, 0.2) is 54.6 Å². The number of nitrogens with one attached hydrogen (secondary N) is 1. The summed E-state index contributed by atoms with van der Waals surface area (Å²) in [6.07, 6.45) is 3.27. The summed E-state index contributed by atoms with van der Waals surface area (Å²) in [6.45, 7) is 5.80. The molecule has 1 saturated heterocycles. The van der Waals surface area contributed by atoms with Gasteiger partial charge in [0.25, 0.3) is 0 Å². The number of hydrogen-bond donors (Lipinski definition) is 1. The zero-order valence-corrected chi connectivity index (χ0v) is 20.2. The van der Waals surface area contributed by atoms with Gasteiger partial charge in [-0.15, -0.1) is 0 Å². The maximum Gasteiger partial charge on any atom is 0.143 e. The highest BCUT2D eigenvalue weighted by atomic mass is 35.5. The van der Waals surface area contributed by atoms with Gasteiger partial charge in [0.05, 0.1) is 16.7 Å². The molecule has 0 spiro atoms. The van der Waals surface area contributed by atoms with Gasteiger partial charge in [-0.25, -0.2) is 4.98 Å². The quantitative estimate of drug-likeness (QED) is 0.347. The van der Waals surface area contributed by atoms with Crippen molar-refractivity contribution in [1.82, 2.24) is 9.55 Å². The molecule has 2 aliphatic heterocycles. The molecule has 3 aromatic carbocycles. The smallest absolute Gasteiger partial charge is 0.143 e. The number of hydrogen-bond acceptors (Lipinski definition) is 4. The third-order valence-electron chi connectivity index (χ3n) is 6.90. The molecule has 4 aromatic rings. The predicted octanol–water partition coefficient (Wildman–Crippen LogP) is 6.77. The van der Waals surface area contributed by atoms with Crippen LogP contribution in [0.4, 0.5) is 5.69 Å². The molecule has 1 N–H and O–H groups in total. The molecular weight excluding hydrogens is 446 g/mol. The van der Waals surface area contributed by atoms with Gasteiger partial charge >= 0.3 is 0 Å². The molecule has 6 rings (SSSR count). The third kappa shape index (κ3) is 3.83. The van der Waals surface area contributed by atoms with Crippen molar-refractivity contribution in [2.75, 3.05) is 11.9 Å². The van der Waals surface area contributed by atoms with E-state index < -0.39 is 0 Å². The molecule has 174 valence electrons. The minimum Gasteiger partial charge on any atom is -0.490 e. The number of ether oxygens (including phenoxy) is 2. The van der Waals surface area contributed by atoms with Crippen LogP contribution in [0, 0.1) is 6.92 Å². The van der Waals surface area contributed by atoms with E-state index in [1.807, 2.05) is 12.1 Å². The van der Waals surface area contributed by atoms with Crippen molar-refractivity contribution in [1.29, 1.82) is 0 Å². The number of nitrogens with zero attached hydrogens (tertiary/aromatic N) is 2. The fourth-order valence-electron chi connectivity index (χ4n) is 5.13. The first-order chi connectivity index (χ1) is 16.6. The minimum atomic E-state index is 0.00108. The van der Waals surface area contributed by atoms with Crippen LogP contribution in [0.5, 0.6) is 5.75 Å². The standard InChI is InChI=1S/C28H28ClN3O2/c1-17-13-19-8-10-22(15-27(19)34-17)30-16-20-5-3-6-24(18(20)2)32-25-11-9-21(29)14-23(25)31-28(32)26-7-4-12-33-26/h3,5-6,8-11,14-15,17,26,30H,4,7,12-13,16H2,1-2H3/t17?,26-/m1/s1. The fourth-order valence-corrected chi connectivity index (χ4v) is 5.30. The topological polar surface area (TPSA) is 48.3 Å². The number of fused-ring (bicyclic) bond motifs is 2. The van der Waals surface area contributed by atoms with Crippen molar-refractivity contribution in [2.24, 2.45) is 0 Å². The van der Waals surface area contributed by atoms with Gasteiger partial charge in [-0.2, -0.15) is 0 Å². The maximum atomic E-state index is 6.29. The van der Waals surface area contributed by atoms with Crippen LogP contribution < -0.4 is 10.1 Å². The molecule has 0 bridgehead atoms. The molecule has 1 fully saturated rings. The van der Waals surface area contributed by atoms with E-state index in [0.29, 0.717) is 5.02 Å². The highest BCUT2D eigenvalue weighted by Crippen LogP contribution is 2.35. The lowest BCUT2D eigenvalue weighted by atomic mass is 10.1. The summed E-state index contributed by atoms with van der Waals surface area (Å²) in [5, 5.41) is 4.28. The number of imidazole rings is 1. The molecular formula is C28H28ClN3O2. The van der Waals surface area contributed by atoms with Gasteiger partial charge in [-0.3, -0.25) is 4.57 Å². The first kappa shape index (κ1) is 21.5. The second-order valence-electron chi connectivity index (χ2n) is 9.31. The molecule has 3 heterocycles. The number of aromatic nitrogens is 2. The van der Waals surface area contributed by atoms with E-state index in [1.165, 1.54) is 16.7 Å². The second-order valence-corrected chi connectivity index (χ2v) is 9.75. The van der Waals surface area contributed by atoms with Crippen LogP contribution in [-0.2, 0) is 17.7 Å². The van der Waals surface area contributed by atoms with E-state index in [-0.39, 0.29) is 12.2 Å². The first-order valence-electron chi connectivity index (χ1n) is 12.0. The summed E-state index contributed by atoms with van der Waals surface area (Å²) in [6, 6.07) is 18.8. The number of anilines is 1. The third-order valence-corrected chi connectivity index (χ3v) is 7.14. The Bertz CT molecular complexity index is 1370. The molecule has 1 unspecified atom stereocenters. The first-order valence-corrected chi connectivity index (χ1v) is 12.4. The summed E-state index contributed by atoms with van der Waals surface area (Å²) in [5.74, 6) is 1.94. The van der Waals surface area contributed by atoms with Crippen LogP contribution in [0.25, 0.3) is 16.7 Å². The maximum absolute atomic E-state index is 6.29. The van der Waals surface area contributed by atoms with Crippen LogP contribution >= 0.6 is 11.6 Å². The fraction of sp³-hybridized carbons (Fsp3) is 0.321. The molecule has 0 radical (unpaired) electrons. The van der Waals surface area contributed by atoms with Crippen molar-refractivity contribution in [3.05, 3.63) is 82.1 Å². The highest BCUT2D eigenvalue weighted by molar-refractivity contribution is 6.31. The van der Waals surface area contributed by atoms with Crippen molar-refractivity contribution in [2.45, 2.75) is 51.9 Å². The largest absolute Gasteiger partial charge is 0.490 e. The van der Waals surface area contributed by atoms with Crippen molar-refractivity contribution >= 4 is 28.3 Å². The summed E-state index contributed by atoms with van der Waals surface area (Å²) < 4.78 is 14.2. The van der Waals surface area contributed by atoms with Gasteiger partial charge in [0, 0.05) is 36.3 Å². The van der Waals surface area contributed by atoms with Crippen LogP contribution in [0.2, 0.25) is 5.02 Å². The van der Waals surface area contributed by atoms with Gasteiger partial charge in [-0.1, -0.05) is 29.8 Å². The SMILES string of the molecule is Cc1c(CNc2ccc3c(c2)OC(C)C3)cccc1-n1c([C@H]2CCCO2)nc2cc(Cl)ccc21. The molecule has 0 aliphatic carbocycles.